The van der Waals surface area contributed by atoms with Crippen LogP contribution in [0.2, 0.25) is 0 Å². The van der Waals surface area contributed by atoms with Gasteiger partial charge in [0.15, 0.2) is 22.7 Å². The number of aromatic nitrogens is 6. The Labute approximate surface area is 203 Å². The van der Waals surface area contributed by atoms with E-state index >= 15 is 0 Å². The van der Waals surface area contributed by atoms with Crippen molar-refractivity contribution >= 4 is 44.4 Å². The average Bonchev–Trinajstić information content (AvgIpc) is 2.92. The largest absolute Gasteiger partial charge is 0.244 e. The fourth-order valence-electron chi connectivity index (χ4n) is 3.95. The Bertz CT molecular complexity index is 1950. The Hall–Kier alpha value is -6.03. The predicted octanol–water partition coefficient (Wildman–Crippen LogP) is 3.93. The molecule has 0 N–H and O–H groups in total. The first-order chi connectivity index (χ1) is 17.6. The van der Waals surface area contributed by atoms with Crippen LogP contribution in [-0.2, 0) is 0 Å². The summed E-state index contributed by atoms with van der Waals surface area (Å²) in [6, 6.07) is 20.4. The summed E-state index contributed by atoms with van der Waals surface area (Å²) >= 11 is 0. The average molecular weight is 459 g/mol. The second-order valence-electron chi connectivity index (χ2n) is 7.79. The van der Waals surface area contributed by atoms with Gasteiger partial charge in [0.05, 0.1) is 44.2 Å². The maximum atomic E-state index is 9.33. The highest BCUT2D eigenvalue weighted by atomic mass is 15.0. The molecule has 0 saturated carbocycles. The van der Waals surface area contributed by atoms with Gasteiger partial charge in [0.2, 0.25) is 0 Å². The van der Waals surface area contributed by atoms with E-state index in [1.54, 1.807) is 12.1 Å². The Morgan fingerprint density at radius 1 is 0.500 bits per heavy atom. The molecule has 0 spiro atoms. The summed E-state index contributed by atoms with van der Waals surface area (Å²) in [5.74, 6) is 2.35. The van der Waals surface area contributed by atoms with E-state index in [4.69, 9.17) is 6.42 Å². The quantitative estimate of drug-likeness (QED) is 0.263. The number of rotatable bonds is 1. The van der Waals surface area contributed by atoms with Crippen LogP contribution < -0.4 is 0 Å². The van der Waals surface area contributed by atoms with Gasteiger partial charge in [-0.2, -0.15) is 15.8 Å². The molecule has 0 fully saturated rings. The third-order valence-electron chi connectivity index (χ3n) is 5.68. The van der Waals surface area contributed by atoms with Crippen LogP contribution >= 0.6 is 0 Å². The van der Waals surface area contributed by atoms with Crippen molar-refractivity contribution in [3.05, 3.63) is 71.0 Å². The summed E-state index contributed by atoms with van der Waals surface area (Å²) in [4.78, 5) is 26.8. The van der Waals surface area contributed by atoms with Crippen molar-refractivity contribution in [3.63, 3.8) is 0 Å². The highest BCUT2D eigenvalue weighted by molar-refractivity contribution is 5.92. The van der Waals surface area contributed by atoms with Crippen molar-refractivity contribution in [3.8, 4) is 41.7 Å². The summed E-state index contributed by atoms with van der Waals surface area (Å²) in [6.45, 7) is 0. The van der Waals surface area contributed by atoms with E-state index in [9.17, 15) is 15.8 Å². The third kappa shape index (κ3) is 3.18. The Morgan fingerprint density at radius 3 is 1.53 bits per heavy atom. The Morgan fingerprint density at radius 2 is 0.972 bits per heavy atom. The normalized spacial score (nSPS) is 10.7. The van der Waals surface area contributed by atoms with E-state index in [1.807, 2.05) is 54.6 Å². The lowest BCUT2D eigenvalue weighted by Crippen LogP contribution is -2.00. The molecule has 0 saturated heterocycles. The van der Waals surface area contributed by atoms with Gasteiger partial charge in [0, 0.05) is 0 Å². The lowest BCUT2D eigenvalue weighted by atomic mass is 10.0. The van der Waals surface area contributed by atoms with Crippen molar-refractivity contribution in [1.82, 2.24) is 29.9 Å². The van der Waals surface area contributed by atoms with Crippen molar-refractivity contribution in [1.29, 1.82) is 15.8 Å². The molecule has 3 aromatic carbocycles. The smallest absolute Gasteiger partial charge is 0.199 e. The van der Waals surface area contributed by atoms with Gasteiger partial charge in [-0.05, 0) is 53.4 Å². The maximum absolute atomic E-state index is 9.33. The van der Waals surface area contributed by atoms with Gasteiger partial charge in [-0.15, -0.1) is 6.42 Å². The second-order valence-corrected chi connectivity index (χ2v) is 7.79. The van der Waals surface area contributed by atoms with Crippen LogP contribution in [0, 0.1) is 46.3 Å². The molecule has 9 nitrogen and oxygen atoms in total. The number of terminal acetylenes is 1. The van der Waals surface area contributed by atoms with Crippen molar-refractivity contribution < 1.29 is 0 Å². The summed E-state index contributed by atoms with van der Waals surface area (Å²) in [5, 5.41) is 27.9. The van der Waals surface area contributed by atoms with E-state index < -0.39 is 0 Å². The van der Waals surface area contributed by atoms with E-state index in [1.165, 1.54) is 0 Å². The molecular formula is C27H9N9. The van der Waals surface area contributed by atoms with Gasteiger partial charge >= 0.3 is 0 Å². The predicted molar refractivity (Wildman–Crippen MR) is 131 cm³/mol. The first kappa shape index (κ1) is 20.6. The molecule has 0 bridgehead atoms. The molecule has 6 aromatic rings. The number of hydrogen-bond acceptors (Lipinski definition) is 9. The Kier molecular flexibility index (Phi) is 4.45. The van der Waals surface area contributed by atoms with Crippen LogP contribution in [0.15, 0.2) is 48.5 Å². The highest BCUT2D eigenvalue weighted by Crippen LogP contribution is 2.28. The number of benzene rings is 3. The summed E-state index contributed by atoms with van der Waals surface area (Å²) in [5.41, 5.74) is 6.50. The molecule has 9 heteroatoms. The molecule has 0 radical (unpaired) electrons. The summed E-state index contributed by atoms with van der Waals surface area (Å²) in [6.07, 6.45) is 5.42. The van der Waals surface area contributed by atoms with Gasteiger partial charge in [-0.1, -0.05) is 12.1 Å². The molecule has 36 heavy (non-hydrogen) atoms. The molecule has 6 rings (SSSR count). The van der Waals surface area contributed by atoms with E-state index in [2.05, 4.69) is 35.8 Å². The topological polar surface area (TPSA) is 149 Å². The minimum Gasteiger partial charge on any atom is -0.244 e. The van der Waals surface area contributed by atoms with Gasteiger partial charge in [0.1, 0.15) is 18.2 Å². The zero-order chi connectivity index (χ0) is 24.8. The van der Waals surface area contributed by atoms with Crippen molar-refractivity contribution in [2.45, 2.75) is 0 Å². The molecular weight excluding hydrogens is 450 g/mol. The molecule has 0 aliphatic heterocycles. The van der Waals surface area contributed by atoms with Crippen LogP contribution in [0.25, 0.3) is 55.5 Å². The molecule has 162 valence electrons. The number of fused-ring (bicyclic) bond motifs is 4. The third-order valence-corrected chi connectivity index (χ3v) is 5.68. The number of nitriles is 3. The molecule has 0 aliphatic carbocycles. The summed E-state index contributed by atoms with van der Waals surface area (Å²) < 4.78 is 0. The van der Waals surface area contributed by atoms with E-state index in [0.29, 0.717) is 33.1 Å². The van der Waals surface area contributed by atoms with Crippen molar-refractivity contribution in [2.24, 2.45) is 0 Å². The molecule has 0 aliphatic rings. The fraction of sp³-hybridized carbons (Fsp3) is 0. The number of nitrogens with zero attached hydrogens (tertiary/aromatic N) is 9. The lowest BCUT2D eigenvalue weighted by Gasteiger charge is -2.07. The fourth-order valence-corrected chi connectivity index (χ4v) is 3.95. The van der Waals surface area contributed by atoms with Crippen LogP contribution in [0.5, 0.6) is 0 Å². The maximum Gasteiger partial charge on any atom is 0.199 e. The van der Waals surface area contributed by atoms with Gasteiger partial charge in [-0.3, -0.25) is 0 Å². The molecule has 0 unspecified atom stereocenters. The molecule has 0 amide bonds. The lowest BCUT2D eigenvalue weighted by molar-refractivity contribution is 1.15. The van der Waals surface area contributed by atoms with Crippen LogP contribution in [0.3, 0.4) is 0 Å². The zero-order valence-corrected chi connectivity index (χ0v) is 18.2. The standard InChI is InChI=1S/C27H9N9/c1-2-18-25(13-30)36-27-26(33-18)34-20-6-4-15(8-22(20)35-27)14-3-5-19-21(7-14)32-24-10-17(12-29)16(11-28)9-23(24)31-19/h1,3-10H. The first-order valence-electron chi connectivity index (χ1n) is 10.5. The minimum atomic E-state index is 0.0246. The second kappa shape index (κ2) is 7.78. The van der Waals surface area contributed by atoms with Crippen LogP contribution in [-0.4, -0.2) is 29.9 Å². The molecule has 3 heterocycles. The highest BCUT2D eigenvalue weighted by Gasteiger charge is 2.12. The van der Waals surface area contributed by atoms with E-state index in [-0.39, 0.29) is 33.8 Å². The summed E-state index contributed by atoms with van der Waals surface area (Å²) in [7, 11) is 0. The van der Waals surface area contributed by atoms with Gasteiger partial charge in [-0.25, -0.2) is 29.9 Å². The minimum absolute atomic E-state index is 0.0246. The van der Waals surface area contributed by atoms with Crippen molar-refractivity contribution in [2.75, 3.05) is 0 Å². The van der Waals surface area contributed by atoms with Crippen LogP contribution in [0.4, 0.5) is 0 Å². The molecule has 0 atom stereocenters. The van der Waals surface area contributed by atoms with Gasteiger partial charge in [0.25, 0.3) is 0 Å². The Balaban J connectivity index is 1.49. The number of hydrogen-bond donors (Lipinski definition) is 0. The monoisotopic (exact) mass is 459 g/mol. The van der Waals surface area contributed by atoms with E-state index in [0.717, 1.165) is 11.1 Å². The van der Waals surface area contributed by atoms with Gasteiger partial charge < -0.3 is 0 Å². The zero-order valence-electron chi connectivity index (χ0n) is 18.2. The molecule has 3 aromatic heterocycles. The van der Waals surface area contributed by atoms with Crippen LogP contribution in [0.1, 0.15) is 22.5 Å². The first-order valence-corrected chi connectivity index (χ1v) is 10.5. The SMILES string of the molecule is C#Cc1nc2nc3ccc(-c4ccc5nc6cc(C#N)c(C#N)cc6nc5c4)cc3nc2nc1C#N.